The van der Waals surface area contributed by atoms with Crippen LogP contribution < -0.4 is 180 Å². The van der Waals surface area contributed by atoms with Crippen molar-refractivity contribution in [3.05, 3.63) is 95.5 Å². The van der Waals surface area contributed by atoms with Crippen LogP contribution in [0.15, 0.2) is 83.4 Å². The summed E-state index contributed by atoms with van der Waals surface area (Å²) in [4.78, 5) is 60.8. The van der Waals surface area contributed by atoms with Gasteiger partial charge >= 0.3 is 181 Å². The van der Waals surface area contributed by atoms with Crippen molar-refractivity contribution < 1.29 is 233 Å². The molecule has 0 atom stereocenters. The number of hydrogen-bond acceptors (Lipinski definition) is 17. The molecule has 4 aliphatic rings. The van der Waals surface area contributed by atoms with Gasteiger partial charge in [0.25, 0.3) is 0 Å². The average molecular weight is 1210 g/mol. The molecule has 1 aromatic rings. The molecule has 0 spiro atoms. The van der Waals surface area contributed by atoms with Gasteiger partial charge < -0.3 is 44.1 Å². The Hall–Kier alpha value is -0.0186. The molecule has 2 amide bonds. The van der Waals surface area contributed by atoms with Crippen LogP contribution in [0.4, 0.5) is 0 Å². The minimum absolute atomic E-state index is 0. The van der Waals surface area contributed by atoms with Gasteiger partial charge in [0.2, 0.25) is 5.91 Å². The van der Waals surface area contributed by atoms with E-state index in [1.807, 2.05) is 26.8 Å². The molecule has 5 rings (SSSR count). The minimum Gasteiger partial charge on any atom is -0.748 e. The molecule has 8 bridgehead atoms. The van der Waals surface area contributed by atoms with E-state index >= 15 is 0 Å². The summed E-state index contributed by atoms with van der Waals surface area (Å²) in [6.07, 6.45) is 4.92. The van der Waals surface area contributed by atoms with Gasteiger partial charge in [0.15, 0.2) is 0 Å². The monoisotopic (exact) mass is 1210 g/mol. The van der Waals surface area contributed by atoms with Gasteiger partial charge in [-0.3, -0.25) is 9.59 Å². The normalized spacial score (nSPS) is 16.2. The molecule has 0 aromatic carbocycles. The second-order valence-corrected chi connectivity index (χ2v) is 20.7. The molecule has 4 aliphatic heterocycles. The van der Waals surface area contributed by atoms with Crippen LogP contribution in [0.3, 0.4) is 0 Å². The summed E-state index contributed by atoms with van der Waals surface area (Å²) in [5.41, 5.74) is 7.63. The van der Waals surface area contributed by atoms with E-state index in [2.05, 4.69) is 16.0 Å². The average Bonchev–Trinajstić information content (AvgIpc) is 3.92. The second-order valence-electron chi connectivity index (χ2n) is 16.1. The number of hydrogen-bond donors (Lipinski definition) is 2. The molecule has 1 aromatic heterocycles. The number of carbonyl (C=O) groups is 3. The Balaban J connectivity index is 0.00000630. The molecule has 0 fully saturated rings. The molecule has 0 aliphatic carbocycles. The molecule has 27 heteroatoms. The predicted octanol–water partition coefficient (Wildman–Crippen LogP) is -7.46. The maximum atomic E-state index is 14.2. The smallest absolute Gasteiger partial charge is 0.748 e. The fraction of sp³-hybridized carbons (Fsp3) is 0.455. The van der Waals surface area contributed by atoms with Crippen molar-refractivity contribution in [2.75, 3.05) is 44.0 Å². The standard InChI is InChI=1S/C44H57N7O13S3.3K.Pd/c1-8-29-24(2)32-23-37-40(28(6)45-14-9-17-65(55,56)57)26(4)34(49-37)21-33-25(3)30(12-13-38(52)46-15-10-18-66(58,59)60)42(50-33)31(20-39(53)64-7)43-41(27(5)35(51-43)22-36(29)48-32)44(54)47-16-11-19-67(61,62)63;;;;/h21-23H,8-20H2,1-7H3,(H7,45,46,47,48,49,50,51,52,54,55,56,57,58,59,60,61,62,63);;;;/q;3*+1;+2/p-5. The fourth-order valence-corrected chi connectivity index (χ4v) is 9.41. The number of methoxy groups -OCH3 is 1. The van der Waals surface area contributed by atoms with Gasteiger partial charge in [-0.05, 0) is 100 Å². The van der Waals surface area contributed by atoms with E-state index < -0.39 is 71.8 Å². The van der Waals surface area contributed by atoms with Gasteiger partial charge in [0.05, 0.1) is 84.0 Å². The first kappa shape index (κ1) is 69.0. The largest absolute Gasteiger partial charge is 2.00 e. The van der Waals surface area contributed by atoms with E-state index in [4.69, 9.17) is 24.7 Å². The Morgan fingerprint density at radius 2 is 1.31 bits per heavy atom. The van der Waals surface area contributed by atoms with Gasteiger partial charge in [-0.25, -0.2) is 40.2 Å². The van der Waals surface area contributed by atoms with E-state index in [0.29, 0.717) is 73.8 Å². The number of carbonyl (C=O) groups excluding carboxylic acids is 3. The van der Waals surface area contributed by atoms with Crippen molar-refractivity contribution in [2.24, 2.45) is 15.0 Å². The van der Waals surface area contributed by atoms with Crippen LogP contribution in [0.1, 0.15) is 84.3 Å². The second kappa shape index (κ2) is 30.2. The number of nitrogens with zero attached hydrogens (tertiary/aromatic N) is 5. The van der Waals surface area contributed by atoms with Crippen LogP contribution in [-0.2, 0) is 76.3 Å². The number of esters is 1. The zero-order valence-corrected chi connectivity index (χ0v) is 54.9. The van der Waals surface area contributed by atoms with Crippen LogP contribution in [0, 0.1) is 6.92 Å². The summed E-state index contributed by atoms with van der Waals surface area (Å²) in [5.74, 6) is -3.97. The first-order chi connectivity index (χ1) is 31.3. The molecule has 0 saturated heterocycles. The van der Waals surface area contributed by atoms with E-state index in [-0.39, 0.29) is 249 Å². The summed E-state index contributed by atoms with van der Waals surface area (Å²) in [6, 6.07) is 0. The van der Waals surface area contributed by atoms with Crippen LogP contribution >= 0.6 is 0 Å². The molecule has 0 saturated carbocycles. The van der Waals surface area contributed by atoms with E-state index in [1.165, 1.54) is 7.11 Å². The Kier molecular flexibility index (Phi) is 29.4. The number of allylic oxidation sites excluding steroid dienone is 9. The van der Waals surface area contributed by atoms with Gasteiger partial charge in [-0.1, -0.05) is 30.5 Å². The van der Waals surface area contributed by atoms with E-state index in [9.17, 15) is 53.3 Å². The molecule has 20 nitrogen and oxygen atoms in total. The fourth-order valence-electron chi connectivity index (χ4n) is 7.93. The zero-order chi connectivity index (χ0) is 49.6. The van der Waals surface area contributed by atoms with Crippen LogP contribution in [0.2, 0.25) is 0 Å². The summed E-state index contributed by atoms with van der Waals surface area (Å²) < 4.78 is 106. The molecule has 71 heavy (non-hydrogen) atoms. The van der Waals surface area contributed by atoms with Crippen molar-refractivity contribution in [3.63, 3.8) is 0 Å². The summed E-state index contributed by atoms with van der Waals surface area (Å²) in [7, 11) is -12.3. The SMILES string of the molecule is CCC1=C(C)C2=CC3=NC(=C(C)/C3=C(\C)NCCCS(=O)(=O)[O-])C=c3[n-]c(c(CCC(=O)NCCCS(=O)(=O)[O-])c3C)=C(CC(=O)OC)C3=NC(=CC1=N2)C(C)=C3C(=O)[N-]CCCS(=O)(=O)[O-].[K+].[K+].[K+].[Pd+2]. The predicted molar refractivity (Wildman–Crippen MR) is 248 cm³/mol. The Morgan fingerprint density at radius 3 is 1.89 bits per heavy atom. The van der Waals surface area contributed by atoms with Crippen molar-refractivity contribution in [2.45, 2.75) is 86.5 Å². The topological polar surface area (TPSA) is 321 Å². The number of amides is 2. The van der Waals surface area contributed by atoms with Crippen molar-refractivity contribution in [1.82, 2.24) is 15.6 Å². The van der Waals surface area contributed by atoms with Crippen molar-refractivity contribution in [1.29, 1.82) is 0 Å². The summed E-state index contributed by atoms with van der Waals surface area (Å²) >= 11 is 0. The van der Waals surface area contributed by atoms with Crippen molar-refractivity contribution >= 4 is 76.9 Å². The minimum atomic E-state index is -4.59. The van der Waals surface area contributed by atoms with Crippen LogP contribution in [0.5, 0.6) is 0 Å². The molecule has 372 valence electrons. The molecule has 2 N–H and O–H groups in total. The molecule has 0 unspecified atom stereocenters. The molecular formula is C44H52K3N7O13PdS3. The maximum Gasteiger partial charge on any atom is 2.00 e. The quantitative estimate of drug-likeness (QED) is 0.0531. The van der Waals surface area contributed by atoms with E-state index in [1.54, 1.807) is 32.9 Å². The first-order valence-corrected chi connectivity index (χ1v) is 26.1. The van der Waals surface area contributed by atoms with E-state index in [0.717, 1.165) is 11.1 Å². The number of aliphatic imine (C=N–C) groups is 3. The Labute approximate surface area is 556 Å². The number of fused-ring (bicyclic) bond motifs is 5. The summed E-state index contributed by atoms with van der Waals surface area (Å²) in [5, 5.41) is 10.5. The Bertz CT molecular complexity index is 3060. The first-order valence-electron chi connectivity index (χ1n) is 21.3. The number of rotatable bonds is 20. The number of aromatic nitrogens is 1. The summed E-state index contributed by atoms with van der Waals surface area (Å²) in [6.45, 7) is 10.7. The molecular weight excluding hydrogens is 1150 g/mol. The molecule has 5 heterocycles. The zero-order valence-electron chi connectivity index (χ0n) is 41.5. The maximum absolute atomic E-state index is 14.2. The third kappa shape index (κ3) is 19.4. The third-order valence-corrected chi connectivity index (χ3v) is 13.7. The van der Waals surface area contributed by atoms with Gasteiger partial charge in [0, 0.05) is 53.6 Å². The number of ether oxygens (including phenoxy) is 1. The van der Waals surface area contributed by atoms with Gasteiger partial charge in [-0.2, -0.15) is 0 Å². The van der Waals surface area contributed by atoms with Gasteiger partial charge in [-0.15, -0.1) is 17.2 Å². The molecule has 0 radical (unpaired) electrons. The Morgan fingerprint density at radius 1 is 0.746 bits per heavy atom. The van der Waals surface area contributed by atoms with Crippen LogP contribution in [-0.4, -0.2) is 118 Å². The van der Waals surface area contributed by atoms with Crippen molar-refractivity contribution in [3.8, 4) is 0 Å². The third-order valence-electron chi connectivity index (χ3n) is 11.4. The number of nitrogens with one attached hydrogen (secondary N) is 2. The van der Waals surface area contributed by atoms with Gasteiger partial charge in [0.1, 0.15) is 0 Å². The van der Waals surface area contributed by atoms with Crippen LogP contribution in [0.25, 0.3) is 17.0 Å².